The molecular weight excluding hydrogens is 384 g/mol. The molecule has 0 spiro atoms. The number of carbonyl (C=O) groups is 1. The summed E-state index contributed by atoms with van der Waals surface area (Å²) in [5.41, 5.74) is 10.8. The van der Waals surface area contributed by atoms with E-state index in [0.29, 0.717) is 5.56 Å². The summed E-state index contributed by atoms with van der Waals surface area (Å²) in [4.78, 5) is 12.5. The third-order valence-electron chi connectivity index (χ3n) is 5.72. The molecular formula is C26H26N4O. The van der Waals surface area contributed by atoms with E-state index in [1.54, 1.807) is 6.21 Å². The van der Waals surface area contributed by atoms with Gasteiger partial charge in [-0.3, -0.25) is 4.79 Å². The molecule has 4 rings (SSSR count). The number of benzene rings is 2. The van der Waals surface area contributed by atoms with Gasteiger partial charge in [-0.2, -0.15) is 5.10 Å². The lowest BCUT2D eigenvalue weighted by atomic mass is 10.1. The lowest BCUT2D eigenvalue weighted by Crippen LogP contribution is -2.17. The number of aromatic nitrogens is 2. The summed E-state index contributed by atoms with van der Waals surface area (Å²) < 4.78 is 4.28. The van der Waals surface area contributed by atoms with Crippen LogP contribution in [0.5, 0.6) is 0 Å². The van der Waals surface area contributed by atoms with E-state index in [1.165, 1.54) is 0 Å². The van der Waals surface area contributed by atoms with Gasteiger partial charge in [-0.1, -0.05) is 30.3 Å². The van der Waals surface area contributed by atoms with E-state index in [-0.39, 0.29) is 5.91 Å². The number of hydrogen-bond donors (Lipinski definition) is 1. The van der Waals surface area contributed by atoms with Crippen molar-refractivity contribution in [2.75, 3.05) is 0 Å². The van der Waals surface area contributed by atoms with Gasteiger partial charge in [-0.05, 0) is 68.8 Å². The fourth-order valence-corrected chi connectivity index (χ4v) is 3.72. The molecule has 0 aliphatic carbocycles. The first-order valence-corrected chi connectivity index (χ1v) is 10.3. The van der Waals surface area contributed by atoms with Gasteiger partial charge in [-0.25, -0.2) is 5.43 Å². The number of hydrazone groups is 1. The molecule has 0 unspecified atom stereocenters. The number of amides is 1. The van der Waals surface area contributed by atoms with Crippen molar-refractivity contribution < 1.29 is 4.79 Å². The molecule has 156 valence electrons. The standard InChI is InChI=1S/C26H26N4O/c1-18-10-15-25(21-8-6-5-7-9-21)30(18)24-13-11-22(12-14-24)26(31)28-27-17-23-16-19(2)29(4)20(23)3/h5-17H,1-4H3,(H,28,31)/b27-17+. The van der Waals surface area contributed by atoms with Crippen LogP contribution in [0.15, 0.2) is 77.9 Å². The maximum Gasteiger partial charge on any atom is 0.271 e. The lowest BCUT2D eigenvalue weighted by Gasteiger charge is -2.12. The molecule has 5 heteroatoms. The van der Waals surface area contributed by atoms with Gasteiger partial charge in [0.1, 0.15) is 0 Å². The molecule has 0 bridgehead atoms. The predicted octanol–water partition coefficient (Wildman–Crippen LogP) is 5.17. The van der Waals surface area contributed by atoms with Crippen LogP contribution < -0.4 is 5.43 Å². The summed E-state index contributed by atoms with van der Waals surface area (Å²) >= 11 is 0. The Bertz CT molecular complexity index is 1240. The number of aryl methyl sites for hydroxylation is 2. The molecule has 0 fully saturated rings. The summed E-state index contributed by atoms with van der Waals surface area (Å²) in [6.07, 6.45) is 1.68. The van der Waals surface area contributed by atoms with Gasteiger partial charge in [0.15, 0.2) is 0 Å². The molecule has 0 aliphatic rings. The van der Waals surface area contributed by atoms with Gasteiger partial charge in [-0.15, -0.1) is 0 Å². The number of carbonyl (C=O) groups excluding carboxylic acids is 1. The SMILES string of the molecule is Cc1cc(/C=N/NC(=O)c2ccc(-n3c(C)ccc3-c3ccccc3)cc2)c(C)n1C. The highest BCUT2D eigenvalue weighted by Gasteiger charge is 2.11. The number of rotatable bonds is 5. The molecule has 0 saturated heterocycles. The average Bonchev–Trinajstić information content (AvgIpc) is 3.29. The first kappa shape index (κ1) is 20.4. The van der Waals surface area contributed by atoms with Crippen LogP contribution in [0, 0.1) is 20.8 Å². The van der Waals surface area contributed by atoms with Crippen LogP contribution in [0.3, 0.4) is 0 Å². The Labute approximate surface area is 182 Å². The molecule has 5 nitrogen and oxygen atoms in total. The fraction of sp³-hybridized carbons (Fsp3) is 0.154. The van der Waals surface area contributed by atoms with Crippen molar-refractivity contribution in [3.63, 3.8) is 0 Å². The first-order valence-electron chi connectivity index (χ1n) is 10.3. The van der Waals surface area contributed by atoms with Gasteiger partial charge in [0, 0.05) is 40.9 Å². The maximum atomic E-state index is 12.5. The van der Waals surface area contributed by atoms with Gasteiger partial charge in [0.05, 0.1) is 11.9 Å². The third-order valence-corrected chi connectivity index (χ3v) is 5.72. The second-order valence-electron chi connectivity index (χ2n) is 7.69. The second-order valence-corrected chi connectivity index (χ2v) is 7.69. The number of hydrogen-bond acceptors (Lipinski definition) is 2. The molecule has 2 aromatic heterocycles. The van der Waals surface area contributed by atoms with E-state index in [2.05, 4.69) is 50.9 Å². The van der Waals surface area contributed by atoms with Gasteiger partial charge in [0.25, 0.3) is 5.91 Å². The highest BCUT2D eigenvalue weighted by Crippen LogP contribution is 2.26. The van der Waals surface area contributed by atoms with E-state index in [4.69, 9.17) is 0 Å². The van der Waals surface area contributed by atoms with Crippen LogP contribution in [0.1, 0.15) is 33.0 Å². The van der Waals surface area contributed by atoms with Crippen LogP contribution in [-0.2, 0) is 7.05 Å². The molecule has 4 aromatic rings. The van der Waals surface area contributed by atoms with E-state index >= 15 is 0 Å². The Morgan fingerprint density at radius 1 is 0.903 bits per heavy atom. The van der Waals surface area contributed by atoms with Crippen molar-refractivity contribution >= 4 is 12.1 Å². The van der Waals surface area contributed by atoms with Crippen LogP contribution in [0.4, 0.5) is 0 Å². The quantitative estimate of drug-likeness (QED) is 0.358. The summed E-state index contributed by atoms with van der Waals surface area (Å²) in [6.45, 7) is 6.15. The largest absolute Gasteiger partial charge is 0.352 e. The van der Waals surface area contributed by atoms with E-state index in [9.17, 15) is 4.79 Å². The molecule has 0 saturated carbocycles. The Morgan fingerprint density at radius 2 is 1.61 bits per heavy atom. The number of nitrogens with one attached hydrogen (secondary N) is 1. The van der Waals surface area contributed by atoms with Crippen molar-refractivity contribution in [1.29, 1.82) is 0 Å². The topological polar surface area (TPSA) is 51.3 Å². The summed E-state index contributed by atoms with van der Waals surface area (Å²) in [5, 5.41) is 4.13. The molecule has 0 atom stereocenters. The summed E-state index contributed by atoms with van der Waals surface area (Å²) in [6, 6.07) is 24.1. The molecule has 0 radical (unpaired) electrons. The van der Waals surface area contributed by atoms with Gasteiger partial charge < -0.3 is 9.13 Å². The van der Waals surface area contributed by atoms with Crippen molar-refractivity contribution in [3.05, 3.63) is 101 Å². The summed E-state index contributed by atoms with van der Waals surface area (Å²) in [7, 11) is 2.01. The van der Waals surface area contributed by atoms with Gasteiger partial charge in [0.2, 0.25) is 0 Å². The van der Waals surface area contributed by atoms with E-state index in [1.807, 2.05) is 69.4 Å². The fourth-order valence-electron chi connectivity index (χ4n) is 3.72. The molecule has 2 heterocycles. The molecule has 31 heavy (non-hydrogen) atoms. The zero-order chi connectivity index (χ0) is 22.0. The monoisotopic (exact) mass is 410 g/mol. The number of nitrogens with zero attached hydrogens (tertiary/aromatic N) is 3. The van der Waals surface area contributed by atoms with E-state index < -0.39 is 0 Å². The van der Waals surface area contributed by atoms with Crippen molar-refractivity contribution in [2.24, 2.45) is 12.1 Å². The van der Waals surface area contributed by atoms with Crippen molar-refractivity contribution in [2.45, 2.75) is 20.8 Å². The minimum atomic E-state index is -0.236. The van der Waals surface area contributed by atoms with Crippen LogP contribution in [-0.4, -0.2) is 21.3 Å². The minimum Gasteiger partial charge on any atom is -0.352 e. The smallest absolute Gasteiger partial charge is 0.271 e. The third kappa shape index (κ3) is 4.08. The second kappa shape index (κ2) is 8.48. The molecule has 1 N–H and O–H groups in total. The van der Waals surface area contributed by atoms with Crippen LogP contribution in [0.2, 0.25) is 0 Å². The van der Waals surface area contributed by atoms with E-state index in [0.717, 1.165) is 39.6 Å². The molecule has 2 aromatic carbocycles. The van der Waals surface area contributed by atoms with Crippen LogP contribution >= 0.6 is 0 Å². The zero-order valence-electron chi connectivity index (χ0n) is 18.3. The molecule has 1 amide bonds. The highest BCUT2D eigenvalue weighted by atomic mass is 16.2. The Kier molecular flexibility index (Phi) is 5.58. The Balaban J connectivity index is 1.51. The predicted molar refractivity (Wildman–Crippen MR) is 126 cm³/mol. The summed E-state index contributed by atoms with van der Waals surface area (Å²) in [5.74, 6) is -0.236. The van der Waals surface area contributed by atoms with Gasteiger partial charge >= 0.3 is 0 Å². The maximum absolute atomic E-state index is 12.5. The Morgan fingerprint density at radius 3 is 2.26 bits per heavy atom. The van der Waals surface area contributed by atoms with Crippen LogP contribution in [0.25, 0.3) is 16.9 Å². The minimum absolute atomic E-state index is 0.236. The zero-order valence-corrected chi connectivity index (χ0v) is 18.3. The van der Waals surface area contributed by atoms with Crippen molar-refractivity contribution in [3.8, 4) is 16.9 Å². The molecule has 0 aliphatic heterocycles. The normalized spacial score (nSPS) is 11.2. The lowest BCUT2D eigenvalue weighted by molar-refractivity contribution is 0.0955. The van der Waals surface area contributed by atoms with Crippen molar-refractivity contribution in [1.82, 2.24) is 14.6 Å². The highest BCUT2D eigenvalue weighted by molar-refractivity contribution is 5.95. The average molecular weight is 411 g/mol. The Hall–Kier alpha value is -3.86. The first-order chi connectivity index (χ1) is 15.0.